The van der Waals surface area contributed by atoms with Gasteiger partial charge in [0.2, 0.25) is 0 Å². The highest BCUT2D eigenvalue weighted by Gasteiger charge is 2.30. The van der Waals surface area contributed by atoms with Gasteiger partial charge in [0.25, 0.3) is 0 Å². The maximum Gasteiger partial charge on any atom is 0.419 e. The molecule has 2 aromatic heterocycles. The second-order valence-electron chi connectivity index (χ2n) is 7.75. The summed E-state index contributed by atoms with van der Waals surface area (Å²) in [7, 11) is 1.67. The first-order chi connectivity index (χ1) is 13.9. The van der Waals surface area contributed by atoms with E-state index in [0.29, 0.717) is 16.9 Å². The Hall–Kier alpha value is -3.23. The third-order valence-corrected chi connectivity index (χ3v) is 5.17. The van der Waals surface area contributed by atoms with Gasteiger partial charge in [0.1, 0.15) is 11.6 Å². The number of para-hydroxylation sites is 1. The summed E-state index contributed by atoms with van der Waals surface area (Å²) in [6, 6.07) is 7.46. The number of alkyl carbamates (subject to hydrolysis) is 1. The van der Waals surface area contributed by atoms with Gasteiger partial charge in [-0.25, -0.2) is 9.59 Å². The number of hydrogen-bond acceptors (Lipinski definition) is 6. The second kappa shape index (κ2) is 7.65. The largest absolute Gasteiger partial charge is 0.446 e. The summed E-state index contributed by atoms with van der Waals surface area (Å²) in [5.41, 5.74) is 2.95. The van der Waals surface area contributed by atoms with Gasteiger partial charge in [0, 0.05) is 30.8 Å². The first-order valence-electron chi connectivity index (χ1n) is 9.78. The van der Waals surface area contributed by atoms with Gasteiger partial charge in [0.15, 0.2) is 11.4 Å². The molecule has 4 rings (SSSR count). The predicted octanol–water partition coefficient (Wildman–Crippen LogP) is 3.37. The number of benzene rings is 1. The van der Waals surface area contributed by atoms with Crippen LogP contribution in [-0.4, -0.2) is 33.0 Å². The molecule has 0 radical (unpaired) electrons. The predicted molar refractivity (Wildman–Crippen MR) is 108 cm³/mol. The number of fused-ring (bicyclic) bond motifs is 1. The number of ether oxygens (including phenoxy) is 1. The van der Waals surface area contributed by atoms with Crippen LogP contribution in [0.15, 0.2) is 33.5 Å². The Morgan fingerprint density at radius 3 is 3.00 bits per heavy atom. The van der Waals surface area contributed by atoms with E-state index in [1.54, 1.807) is 13.1 Å². The third-order valence-electron chi connectivity index (χ3n) is 5.17. The molecule has 9 heteroatoms. The lowest BCUT2D eigenvalue weighted by Gasteiger charge is -2.14. The number of rotatable bonds is 5. The number of H-pyrrole nitrogens is 1. The summed E-state index contributed by atoms with van der Waals surface area (Å²) in [4.78, 5) is 23.6. The molecule has 0 saturated heterocycles. The van der Waals surface area contributed by atoms with Gasteiger partial charge >= 0.3 is 11.8 Å². The number of oxazole rings is 1. The molecule has 0 aliphatic heterocycles. The van der Waals surface area contributed by atoms with Crippen LogP contribution in [0.2, 0.25) is 0 Å². The maximum atomic E-state index is 11.8. The molecule has 1 fully saturated rings. The summed E-state index contributed by atoms with van der Waals surface area (Å²) >= 11 is 0. The fourth-order valence-electron chi connectivity index (χ4n) is 3.80. The number of anilines is 2. The van der Waals surface area contributed by atoms with Crippen molar-refractivity contribution in [3.63, 3.8) is 0 Å². The van der Waals surface area contributed by atoms with Crippen molar-refractivity contribution in [1.29, 1.82) is 0 Å². The van der Waals surface area contributed by atoms with Crippen molar-refractivity contribution in [2.24, 2.45) is 7.05 Å². The molecule has 3 N–H and O–H groups in total. The van der Waals surface area contributed by atoms with Crippen molar-refractivity contribution in [2.45, 2.75) is 51.2 Å². The van der Waals surface area contributed by atoms with Crippen molar-refractivity contribution in [3.8, 4) is 0 Å². The summed E-state index contributed by atoms with van der Waals surface area (Å²) in [5, 5.41) is 13.4. The van der Waals surface area contributed by atoms with Crippen LogP contribution in [0.4, 0.5) is 16.3 Å². The van der Waals surface area contributed by atoms with Crippen LogP contribution in [0.25, 0.3) is 11.1 Å². The van der Waals surface area contributed by atoms with Gasteiger partial charge in [0.05, 0.1) is 5.69 Å². The molecule has 9 nitrogen and oxygen atoms in total. The van der Waals surface area contributed by atoms with E-state index in [1.807, 2.05) is 32.0 Å². The molecule has 2 heterocycles. The number of aromatic nitrogens is 3. The monoisotopic (exact) mass is 399 g/mol. The minimum absolute atomic E-state index is 0.0557. The molecular weight excluding hydrogens is 374 g/mol. The standard InChI is InChI=1S/C20H25N5O4/c1-11(2)21-19(26)28-13-8-7-12(9-13)15-10-17(24-23-15)22-14-5-4-6-16-18(14)25(3)20(27)29-16/h4-6,10-13H,7-9H2,1-3H3,(H,21,26)(H2,22,23,24)/t12-,13?/m0/s1. The van der Waals surface area contributed by atoms with E-state index in [2.05, 4.69) is 20.8 Å². The zero-order chi connectivity index (χ0) is 20.5. The van der Waals surface area contributed by atoms with Gasteiger partial charge in [-0.3, -0.25) is 9.67 Å². The molecule has 1 amide bonds. The van der Waals surface area contributed by atoms with E-state index in [4.69, 9.17) is 9.15 Å². The zero-order valence-corrected chi connectivity index (χ0v) is 16.7. The number of aryl methyl sites for hydroxylation is 1. The van der Waals surface area contributed by atoms with Crippen LogP contribution < -0.4 is 16.4 Å². The molecule has 29 heavy (non-hydrogen) atoms. The lowest BCUT2D eigenvalue weighted by atomic mass is 10.0. The minimum Gasteiger partial charge on any atom is -0.446 e. The Balaban J connectivity index is 1.43. The Kier molecular flexibility index (Phi) is 5.04. The highest BCUT2D eigenvalue weighted by molar-refractivity contribution is 5.88. The van der Waals surface area contributed by atoms with Gasteiger partial charge < -0.3 is 19.8 Å². The van der Waals surface area contributed by atoms with Crippen LogP contribution in [0, 0.1) is 0 Å². The van der Waals surface area contributed by atoms with Crippen LogP contribution in [0.1, 0.15) is 44.7 Å². The van der Waals surface area contributed by atoms with Gasteiger partial charge in [-0.2, -0.15) is 5.10 Å². The highest BCUT2D eigenvalue weighted by atomic mass is 16.6. The maximum absolute atomic E-state index is 11.8. The molecule has 1 saturated carbocycles. The third kappa shape index (κ3) is 3.98. The molecule has 2 atom stereocenters. The Labute approximate surface area is 167 Å². The lowest BCUT2D eigenvalue weighted by molar-refractivity contribution is 0.0981. The van der Waals surface area contributed by atoms with Gasteiger partial charge in [-0.05, 0) is 45.2 Å². The van der Waals surface area contributed by atoms with Crippen molar-refractivity contribution in [3.05, 3.63) is 40.5 Å². The quantitative estimate of drug-likeness (QED) is 0.606. The SMILES string of the molecule is CC(C)NC(=O)OC1CC[C@H](c2cc(Nc3cccc4oc(=O)n(C)c34)n[nH]2)C1. The van der Waals surface area contributed by atoms with Crippen molar-refractivity contribution >= 4 is 28.7 Å². The molecule has 0 bridgehead atoms. The fourth-order valence-corrected chi connectivity index (χ4v) is 3.80. The first kappa shape index (κ1) is 19.1. The second-order valence-corrected chi connectivity index (χ2v) is 7.75. The Bertz CT molecular complexity index is 1080. The zero-order valence-electron chi connectivity index (χ0n) is 16.7. The van der Waals surface area contributed by atoms with Crippen LogP contribution >= 0.6 is 0 Å². The van der Waals surface area contributed by atoms with E-state index in [1.165, 1.54) is 4.57 Å². The Morgan fingerprint density at radius 2 is 2.21 bits per heavy atom. The summed E-state index contributed by atoms with van der Waals surface area (Å²) in [5.74, 6) is 0.502. The number of nitrogens with zero attached hydrogens (tertiary/aromatic N) is 2. The van der Waals surface area contributed by atoms with Gasteiger partial charge in [-0.15, -0.1) is 0 Å². The summed E-state index contributed by atoms with van der Waals surface area (Å²) < 4.78 is 12.2. The molecule has 1 unspecified atom stereocenters. The smallest absolute Gasteiger partial charge is 0.419 e. The van der Waals surface area contributed by atoms with Crippen molar-refractivity contribution < 1.29 is 13.9 Å². The average Bonchev–Trinajstić information content (AvgIpc) is 3.35. The van der Waals surface area contributed by atoms with E-state index in [0.717, 1.165) is 30.6 Å². The normalized spacial score (nSPS) is 19.0. The van der Waals surface area contributed by atoms with Crippen LogP contribution in [0.5, 0.6) is 0 Å². The number of hydrogen-bond donors (Lipinski definition) is 3. The highest BCUT2D eigenvalue weighted by Crippen LogP contribution is 2.36. The molecule has 0 spiro atoms. The van der Waals surface area contributed by atoms with Crippen molar-refractivity contribution in [2.75, 3.05) is 5.32 Å². The van der Waals surface area contributed by atoms with Crippen molar-refractivity contribution in [1.82, 2.24) is 20.1 Å². The van der Waals surface area contributed by atoms with E-state index < -0.39 is 5.76 Å². The van der Waals surface area contributed by atoms with E-state index >= 15 is 0 Å². The minimum atomic E-state index is -0.407. The van der Waals surface area contributed by atoms with Crippen LogP contribution in [-0.2, 0) is 11.8 Å². The number of carbonyl (C=O) groups is 1. The molecule has 1 aliphatic rings. The summed E-state index contributed by atoms with van der Waals surface area (Å²) in [6.45, 7) is 3.81. The number of carbonyl (C=O) groups excluding carboxylic acids is 1. The molecule has 3 aromatic rings. The summed E-state index contributed by atoms with van der Waals surface area (Å²) in [6.07, 6.45) is 2.06. The molecule has 1 aliphatic carbocycles. The van der Waals surface area contributed by atoms with Crippen LogP contribution in [0.3, 0.4) is 0 Å². The fraction of sp³-hybridized carbons (Fsp3) is 0.450. The lowest BCUT2D eigenvalue weighted by Crippen LogP contribution is -2.33. The van der Waals surface area contributed by atoms with Gasteiger partial charge in [-0.1, -0.05) is 6.07 Å². The Morgan fingerprint density at radius 1 is 1.38 bits per heavy atom. The number of aromatic amines is 1. The number of nitrogens with one attached hydrogen (secondary N) is 3. The average molecular weight is 399 g/mol. The molecule has 1 aromatic carbocycles. The molecule has 154 valence electrons. The van der Waals surface area contributed by atoms with E-state index in [-0.39, 0.29) is 24.2 Å². The topological polar surface area (TPSA) is 114 Å². The van der Waals surface area contributed by atoms with E-state index in [9.17, 15) is 9.59 Å². The molecular formula is C20H25N5O4. The number of amides is 1. The first-order valence-corrected chi connectivity index (χ1v) is 9.78.